The quantitative estimate of drug-likeness (QED) is 0.586. The maximum absolute atomic E-state index is 11.4. The van der Waals surface area contributed by atoms with Gasteiger partial charge in [-0.25, -0.2) is 0 Å². The number of carbonyl (C=O) groups excluding carboxylic acids is 2. The third-order valence-corrected chi connectivity index (χ3v) is 2.86. The summed E-state index contributed by atoms with van der Waals surface area (Å²) in [4.78, 5) is 22.8. The normalized spacial score (nSPS) is 10.1. The number of rotatable bonds is 4. The molecule has 0 aliphatic rings. The lowest BCUT2D eigenvalue weighted by molar-refractivity contribution is 0.0996. The molecule has 0 aromatic heterocycles. The van der Waals surface area contributed by atoms with E-state index < -0.39 is 5.91 Å². The molecule has 0 bridgehead atoms. The van der Waals surface area contributed by atoms with Crippen molar-refractivity contribution in [1.29, 1.82) is 0 Å². The summed E-state index contributed by atoms with van der Waals surface area (Å²) in [5, 5.41) is 3.07. The molecule has 102 valence electrons. The summed E-state index contributed by atoms with van der Waals surface area (Å²) in [6.07, 6.45) is 0. The van der Waals surface area contributed by atoms with E-state index >= 15 is 0 Å². The Bertz CT molecular complexity index is 681. The minimum atomic E-state index is -0.567. The second kappa shape index (κ2) is 5.44. The summed E-state index contributed by atoms with van der Waals surface area (Å²) < 4.78 is 0. The number of anilines is 3. The van der Waals surface area contributed by atoms with Gasteiger partial charge in [0.2, 0.25) is 0 Å². The van der Waals surface area contributed by atoms with E-state index in [2.05, 4.69) is 5.32 Å². The largest absolute Gasteiger partial charge is 0.399 e. The minimum absolute atomic E-state index is 0.0268. The van der Waals surface area contributed by atoms with Gasteiger partial charge < -0.3 is 16.8 Å². The Kier molecular flexibility index (Phi) is 3.70. The van der Waals surface area contributed by atoms with E-state index in [0.717, 1.165) is 0 Å². The van der Waals surface area contributed by atoms with Crippen molar-refractivity contribution < 1.29 is 9.59 Å². The summed E-state index contributed by atoms with van der Waals surface area (Å²) in [5.41, 5.74) is 13.6. The predicted molar refractivity (Wildman–Crippen MR) is 79.1 cm³/mol. The van der Waals surface area contributed by atoms with E-state index in [4.69, 9.17) is 11.5 Å². The third kappa shape index (κ3) is 2.95. The summed E-state index contributed by atoms with van der Waals surface area (Å²) in [7, 11) is 0. The summed E-state index contributed by atoms with van der Waals surface area (Å²) in [5.74, 6) is -0.594. The van der Waals surface area contributed by atoms with Crippen LogP contribution in [0.25, 0.3) is 0 Å². The molecule has 0 saturated heterocycles. The van der Waals surface area contributed by atoms with Gasteiger partial charge in [0.1, 0.15) is 0 Å². The van der Waals surface area contributed by atoms with Crippen molar-refractivity contribution in [3.63, 3.8) is 0 Å². The van der Waals surface area contributed by atoms with Crippen LogP contribution in [0, 0.1) is 0 Å². The molecule has 0 radical (unpaired) electrons. The fraction of sp³-hybridized carbons (Fsp3) is 0.0667. The molecule has 5 nitrogen and oxygen atoms in total. The number of hydrogen-bond acceptors (Lipinski definition) is 4. The molecule has 2 rings (SSSR count). The van der Waals surface area contributed by atoms with Crippen LogP contribution in [0.4, 0.5) is 17.1 Å². The molecule has 0 saturated carbocycles. The smallest absolute Gasteiger partial charge is 0.250 e. The summed E-state index contributed by atoms with van der Waals surface area (Å²) >= 11 is 0. The van der Waals surface area contributed by atoms with Crippen molar-refractivity contribution >= 4 is 28.8 Å². The highest BCUT2D eigenvalue weighted by atomic mass is 16.1. The van der Waals surface area contributed by atoms with Crippen LogP contribution in [0.2, 0.25) is 0 Å². The van der Waals surface area contributed by atoms with Gasteiger partial charge in [0.15, 0.2) is 5.78 Å². The van der Waals surface area contributed by atoms with Crippen molar-refractivity contribution in [2.45, 2.75) is 6.92 Å². The van der Waals surface area contributed by atoms with Crippen LogP contribution in [-0.2, 0) is 0 Å². The first-order chi connectivity index (χ1) is 9.47. The highest BCUT2D eigenvalue weighted by Crippen LogP contribution is 2.23. The lowest BCUT2D eigenvalue weighted by atomic mass is 10.1. The van der Waals surface area contributed by atoms with Crippen LogP contribution in [0.3, 0.4) is 0 Å². The molecule has 2 aromatic carbocycles. The Morgan fingerprint density at radius 3 is 2.50 bits per heavy atom. The Labute approximate surface area is 116 Å². The van der Waals surface area contributed by atoms with Crippen LogP contribution in [0.5, 0.6) is 0 Å². The number of nitrogens with two attached hydrogens (primary N) is 2. The second-order valence-electron chi connectivity index (χ2n) is 4.43. The standard InChI is InChI=1S/C15H15N3O2/c1-9(19)10-3-2-4-12(7-10)18-14-6-5-11(16)8-13(14)15(17)20/h2-8,18H,16H2,1H3,(H2,17,20). The van der Waals surface area contributed by atoms with E-state index in [1.54, 1.807) is 36.4 Å². The number of amides is 1. The van der Waals surface area contributed by atoms with Crippen LogP contribution in [-0.4, -0.2) is 11.7 Å². The Morgan fingerprint density at radius 1 is 1.10 bits per heavy atom. The van der Waals surface area contributed by atoms with Crippen molar-refractivity contribution in [3.05, 3.63) is 53.6 Å². The number of carbonyl (C=O) groups is 2. The number of nitrogens with one attached hydrogen (secondary N) is 1. The maximum Gasteiger partial charge on any atom is 0.250 e. The lowest BCUT2D eigenvalue weighted by Crippen LogP contribution is -2.13. The molecule has 2 aromatic rings. The average Bonchev–Trinajstić information content (AvgIpc) is 2.41. The zero-order valence-electron chi connectivity index (χ0n) is 11.0. The van der Waals surface area contributed by atoms with Crippen LogP contribution in [0.15, 0.2) is 42.5 Å². The number of Topliss-reactive ketones (excluding diaryl/α,β-unsaturated/α-hetero) is 1. The van der Waals surface area contributed by atoms with Gasteiger partial charge in [-0.2, -0.15) is 0 Å². The van der Waals surface area contributed by atoms with Gasteiger partial charge in [-0.05, 0) is 37.3 Å². The van der Waals surface area contributed by atoms with Crippen LogP contribution in [0.1, 0.15) is 27.6 Å². The molecule has 1 amide bonds. The monoisotopic (exact) mass is 269 g/mol. The number of nitrogen functional groups attached to an aromatic ring is 1. The number of primary amides is 1. The topological polar surface area (TPSA) is 98.2 Å². The predicted octanol–water partition coefficient (Wildman–Crippen LogP) is 2.31. The zero-order valence-corrected chi connectivity index (χ0v) is 11.0. The van der Waals surface area contributed by atoms with Crippen molar-refractivity contribution in [2.24, 2.45) is 5.73 Å². The molecule has 20 heavy (non-hydrogen) atoms. The molecule has 5 N–H and O–H groups in total. The molecule has 0 spiro atoms. The number of ketones is 1. The van der Waals surface area contributed by atoms with E-state index in [0.29, 0.717) is 28.2 Å². The molecule has 0 unspecified atom stereocenters. The van der Waals surface area contributed by atoms with Crippen LogP contribution < -0.4 is 16.8 Å². The summed E-state index contributed by atoms with van der Waals surface area (Å²) in [6.45, 7) is 1.50. The van der Waals surface area contributed by atoms with E-state index in [9.17, 15) is 9.59 Å². The highest BCUT2D eigenvalue weighted by Gasteiger charge is 2.09. The van der Waals surface area contributed by atoms with Crippen LogP contribution >= 0.6 is 0 Å². The molecular weight excluding hydrogens is 254 g/mol. The molecule has 0 atom stereocenters. The van der Waals surface area contributed by atoms with Gasteiger partial charge in [-0.15, -0.1) is 0 Å². The van der Waals surface area contributed by atoms with E-state index in [-0.39, 0.29) is 5.78 Å². The fourth-order valence-corrected chi connectivity index (χ4v) is 1.85. The lowest BCUT2D eigenvalue weighted by Gasteiger charge is -2.11. The fourth-order valence-electron chi connectivity index (χ4n) is 1.85. The molecule has 0 aliphatic carbocycles. The number of hydrogen-bond donors (Lipinski definition) is 3. The first kappa shape index (κ1) is 13.6. The molecule has 0 aliphatic heterocycles. The third-order valence-electron chi connectivity index (χ3n) is 2.86. The Hall–Kier alpha value is -2.82. The minimum Gasteiger partial charge on any atom is -0.399 e. The zero-order chi connectivity index (χ0) is 14.7. The summed E-state index contributed by atoms with van der Waals surface area (Å²) in [6, 6.07) is 11.9. The maximum atomic E-state index is 11.4. The SMILES string of the molecule is CC(=O)c1cccc(Nc2ccc(N)cc2C(N)=O)c1. The van der Waals surface area contributed by atoms with Gasteiger partial charge >= 0.3 is 0 Å². The molecule has 0 heterocycles. The average molecular weight is 269 g/mol. The first-order valence-electron chi connectivity index (χ1n) is 6.04. The molecular formula is C15H15N3O2. The highest BCUT2D eigenvalue weighted by molar-refractivity contribution is 6.00. The van der Waals surface area contributed by atoms with Crippen molar-refractivity contribution in [1.82, 2.24) is 0 Å². The second-order valence-corrected chi connectivity index (χ2v) is 4.43. The first-order valence-corrected chi connectivity index (χ1v) is 6.04. The Balaban J connectivity index is 2.37. The molecule has 0 fully saturated rings. The van der Waals surface area contributed by atoms with E-state index in [1.165, 1.54) is 13.0 Å². The number of benzene rings is 2. The van der Waals surface area contributed by atoms with Crippen molar-refractivity contribution in [2.75, 3.05) is 11.1 Å². The van der Waals surface area contributed by atoms with E-state index in [1.807, 2.05) is 0 Å². The van der Waals surface area contributed by atoms with Crippen molar-refractivity contribution in [3.8, 4) is 0 Å². The van der Waals surface area contributed by atoms with Gasteiger partial charge in [0.05, 0.1) is 11.3 Å². The van der Waals surface area contributed by atoms with Gasteiger partial charge in [-0.1, -0.05) is 12.1 Å². The van der Waals surface area contributed by atoms with Gasteiger partial charge in [0, 0.05) is 16.9 Å². The Morgan fingerprint density at radius 2 is 1.85 bits per heavy atom. The van der Waals surface area contributed by atoms with Gasteiger partial charge in [0.25, 0.3) is 5.91 Å². The van der Waals surface area contributed by atoms with Gasteiger partial charge in [-0.3, -0.25) is 9.59 Å². The molecule has 5 heteroatoms.